The Kier molecular flexibility index (Phi) is 16.1. The summed E-state index contributed by atoms with van der Waals surface area (Å²) >= 11 is 1.50. The highest BCUT2D eigenvalue weighted by atomic mass is 32.1. The van der Waals surface area contributed by atoms with Crippen molar-refractivity contribution in [2.45, 2.75) is 104 Å². The normalized spacial score (nSPS) is 14.6. The fourth-order valence-corrected chi connectivity index (χ4v) is 7.13. The first-order valence-corrected chi connectivity index (χ1v) is 20.2. The van der Waals surface area contributed by atoms with Crippen molar-refractivity contribution in [1.29, 1.82) is 0 Å². The van der Waals surface area contributed by atoms with Crippen molar-refractivity contribution in [1.82, 2.24) is 36.1 Å². The number of hydrogen-bond acceptors (Lipinski definition) is 8. The molecule has 0 spiro atoms. The van der Waals surface area contributed by atoms with E-state index in [-0.39, 0.29) is 25.3 Å². The van der Waals surface area contributed by atoms with E-state index in [1.54, 1.807) is 34.0 Å². The molecule has 4 aromatic rings. The number of aryl methyl sites for hydroxylation is 1. The average molecular weight is 800 g/mol. The number of rotatable bonds is 18. The van der Waals surface area contributed by atoms with Crippen LogP contribution in [-0.2, 0) is 29.0 Å². The maximum absolute atomic E-state index is 14.2. The first-order chi connectivity index (χ1) is 27.0. The lowest BCUT2D eigenvalue weighted by molar-refractivity contribution is -0.127. The number of carbonyl (C=O) groups excluding carboxylic acids is 3. The molecule has 0 fully saturated rings. The number of amides is 5. The minimum atomic E-state index is -1.33. The van der Waals surface area contributed by atoms with Gasteiger partial charge in [0, 0.05) is 30.2 Å². The molecule has 57 heavy (non-hydrogen) atoms. The summed E-state index contributed by atoms with van der Waals surface area (Å²) in [7, 11) is 1.65. The summed E-state index contributed by atoms with van der Waals surface area (Å²) in [5.74, 6) is -1.22. The predicted molar refractivity (Wildman–Crippen MR) is 223 cm³/mol. The number of nitrogens with zero attached hydrogens (tertiary/aromatic N) is 3. The number of hydrogen-bond donors (Lipinski definition) is 6. The van der Waals surface area contributed by atoms with E-state index in [0.29, 0.717) is 12.8 Å². The molecule has 1 unspecified atom stereocenters. The minimum Gasteiger partial charge on any atom is -0.465 e. The molecule has 0 saturated carbocycles. The van der Waals surface area contributed by atoms with Crippen molar-refractivity contribution in [3.63, 3.8) is 0 Å². The van der Waals surface area contributed by atoms with Crippen LogP contribution in [0.1, 0.15) is 69.3 Å². The number of carboxylic acid groups (broad SMARTS) is 1. The quantitative estimate of drug-likeness (QED) is 0.0712. The summed E-state index contributed by atoms with van der Waals surface area (Å²) < 4.78 is 0. The van der Waals surface area contributed by atoms with Crippen molar-refractivity contribution >= 4 is 35.3 Å². The van der Waals surface area contributed by atoms with Crippen LogP contribution in [0.5, 0.6) is 0 Å². The second-order valence-electron chi connectivity index (χ2n) is 15.7. The number of aliphatic hydroxyl groups excluding tert-OH is 1. The van der Waals surface area contributed by atoms with E-state index in [1.165, 1.54) is 16.2 Å². The molecule has 0 aliphatic heterocycles. The zero-order valence-corrected chi connectivity index (χ0v) is 34.7. The van der Waals surface area contributed by atoms with Crippen LogP contribution in [0, 0.1) is 18.3 Å². The summed E-state index contributed by atoms with van der Waals surface area (Å²) in [5, 5.41) is 35.8. The summed E-state index contributed by atoms with van der Waals surface area (Å²) in [6.07, 6.45) is 0.416. The van der Waals surface area contributed by atoms with E-state index in [9.17, 15) is 29.4 Å². The van der Waals surface area contributed by atoms with Crippen molar-refractivity contribution in [2.24, 2.45) is 11.3 Å². The second-order valence-corrected chi connectivity index (χ2v) is 16.8. The molecule has 2 aromatic heterocycles. The average Bonchev–Trinajstić information content (AvgIpc) is 3.59. The first kappa shape index (κ1) is 44.4. The minimum absolute atomic E-state index is 0.0194. The molecule has 0 bridgehead atoms. The zero-order chi connectivity index (χ0) is 41.7. The van der Waals surface area contributed by atoms with Crippen LogP contribution in [-0.4, -0.2) is 86.3 Å². The molecular formula is C43H57N7O6S. The molecule has 4 rings (SSSR count). The van der Waals surface area contributed by atoms with Crippen LogP contribution in [0.25, 0.3) is 11.3 Å². The van der Waals surface area contributed by atoms with Crippen molar-refractivity contribution in [3.8, 4) is 11.3 Å². The number of pyridine rings is 1. The Labute approximate surface area is 339 Å². The molecule has 0 saturated heterocycles. The lowest BCUT2D eigenvalue weighted by atomic mass is 9.85. The third-order valence-electron chi connectivity index (χ3n) is 9.94. The Morgan fingerprint density at radius 2 is 1.53 bits per heavy atom. The molecule has 2 heterocycles. The predicted octanol–water partition coefficient (Wildman–Crippen LogP) is 5.96. The van der Waals surface area contributed by atoms with Gasteiger partial charge in [-0.1, -0.05) is 102 Å². The number of benzene rings is 2. The molecule has 0 aliphatic carbocycles. The fraction of sp³-hybridized carbons (Fsp3) is 0.442. The van der Waals surface area contributed by atoms with Crippen molar-refractivity contribution in [3.05, 3.63) is 106 Å². The maximum Gasteiger partial charge on any atom is 0.405 e. The van der Waals surface area contributed by atoms with Crippen molar-refractivity contribution in [2.75, 3.05) is 7.05 Å². The molecule has 2 aromatic carbocycles. The Balaban J connectivity index is 1.60. The molecule has 0 aliphatic rings. The summed E-state index contributed by atoms with van der Waals surface area (Å²) in [6.45, 7) is 11.3. The van der Waals surface area contributed by atoms with E-state index in [0.717, 1.165) is 33.1 Å². The number of aliphatic hydroxyl groups is 1. The van der Waals surface area contributed by atoms with Gasteiger partial charge in [-0.2, -0.15) is 0 Å². The number of carbonyl (C=O) groups is 4. The largest absolute Gasteiger partial charge is 0.465 e. The lowest BCUT2D eigenvalue weighted by Crippen LogP contribution is -2.58. The highest BCUT2D eigenvalue weighted by molar-refractivity contribution is 7.09. The monoisotopic (exact) mass is 799 g/mol. The number of urea groups is 1. The highest BCUT2D eigenvalue weighted by Gasteiger charge is 2.36. The van der Waals surface area contributed by atoms with Gasteiger partial charge in [-0.3, -0.25) is 14.6 Å². The standard InChI is InChI=1S/C43H57N7O6S/c1-8-27(2)37(48-41(54)50(7)25-33-26-57-28(3)45-33)39(52)47-35(23-29-14-10-9-11-15-29)36(51)24-32(46-40(53)38(43(4,5)6)49-42(55)56)22-30-17-19-31(20-18-30)34-16-12-13-21-44-34/h9-21,26-27,32,35-38,49,51H,8,22-25H2,1-7H3,(H,46,53)(H,47,52)(H,48,54)(H,55,56)/t27?,32-,35-,36-,37-,38+/m0/s1. The Hall–Kier alpha value is -5.34. The lowest BCUT2D eigenvalue weighted by Gasteiger charge is -2.33. The Morgan fingerprint density at radius 1 is 0.860 bits per heavy atom. The molecular weight excluding hydrogens is 743 g/mol. The molecule has 13 nitrogen and oxygen atoms in total. The van der Waals surface area contributed by atoms with Crippen LogP contribution in [0.15, 0.2) is 84.4 Å². The van der Waals surface area contributed by atoms with Crippen LogP contribution in [0.2, 0.25) is 0 Å². The number of thiazole rings is 1. The maximum atomic E-state index is 14.2. The van der Waals surface area contributed by atoms with Crippen molar-refractivity contribution < 1.29 is 29.4 Å². The Bertz CT molecular complexity index is 1900. The third-order valence-corrected chi connectivity index (χ3v) is 10.8. The van der Waals surface area contributed by atoms with Gasteiger partial charge in [-0.25, -0.2) is 14.6 Å². The molecule has 0 radical (unpaired) electrons. The van der Waals surface area contributed by atoms with Gasteiger partial charge in [0.1, 0.15) is 12.1 Å². The number of aromatic nitrogens is 2. The first-order valence-electron chi connectivity index (χ1n) is 19.3. The highest BCUT2D eigenvalue weighted by Crippen LogP contribution is 2.23. The Morgan fingerprint density at radius 3 is 2.11 bits per heavy atom. The van der Waals surface area contributed by atoms with E-state index >= 15 is 0 Å². The third kappa shape index (κ3) is 13.7. The van der Waals surface area contributed by atoms with Gasteiger partial charge < -0.3 is 36.4 Å². The molecule has 306 valence electrons. The number of nitrogens with one attached hydrogen (secondary N) is 4. The zero-order valence-electron chi connectivity index (χ0n) is 33.9. The van der Waals surface area contributed by atoms with Crippen LogP contribution >= 0.6 is 11.3 Å². The van der Waals surface area contributed by atoms with Gasteiger partial charge >= 0.3 is 12.1 Å². The van der Waals surface area contributed by atoms with E-state index in [2.05, 4.69) is 31.2 Å². The molecule has 6 N–H and O–H groups in total. The van der Waals surface area contributed by atoms with Crippen LogP contribution in [0.3, 0.4) is 0 Å². The summed E-state index contributed by atoms with van der Waals surface area (Å²) in [6, 6.07) is 18.9. The molecule has 5 amide bonds. The van der Waals surface area contributed by atoms with Crippen LogP contribution < -0.4 is 21.3 Å². The molecule has 6 atom stereocenters. The van der Waals surface area contributed by atoms with E-state index in [4.69, 9.17) is 0 Å². The summed E-state index contributed by atoms with van der Waals surface area (Å²) in [4.78, 5) is 63.5. The fourth-order valence-electron chi connectivity index (χ4n) is 6.53. The second kappa shape index (κ2) is 20.7. The summed E-state index contributed by atoms with van der Waals surface area (Å²) in [5.41, 5.74) is 3.45. The van der Waals surface area contributed by atoms with Gasteiger partial charge in [-0.05, 0) is 60.8 Å². The topological polar surface area (TPSA) is 186 Å². The van der Waals surface area contributed by atoms with Gasteiger partial charge in [0.05, 0.1) is 35.1 Å². The van der Waals surface area contributed by atoms with Gasteiger partial charge in [0.2, 0.25) is 11.8 Å². The van der Waals surface area contributed by atoms with Gasteiger partial charge in [0.25, 0.3) is 0 Å². The van der Waals surface area contributed by atoms with Gasteiger partial charge in [-0.15, -0.1) is 11.3 Å². The van der Waals surface area contributed by atoms with E-state index in [1.807, 2.05) is 98.9 Å². The SMILES string of the molecule is CCC(C)[C@H](NC(=O)N(C)Cc1csc(C)n1)C(=O)N[C@@H](Cc1ccccc1)[C@@H](O)C[C@H](Cc1ccc(-c2ccccn2)cc1)NC(=O)[C@@H](NC(=O)O)C(C)(C)C. The van der Waals surface area contributed by atoms with Crippen LogP contribution in [0.4, 0.5) is 9.59 Å². The van der Waals surface area contributed by atoms with E-state index < -0.39 is 59.6 Å². The smallest absolute Gasteiger partial charge is 0.405 e. The molecule has 14 heteroatoms. The van der Waals surface area contributed by atoms with Gasteiger partial charge in [0.15, 0.2) is 0 Å².